The van der Waals surface area contributed by atoms with Gasteiger partial charge in [0.05, 0.1) is 0 Å². The maximum absolute atomic E-state index is 12.7. The lowest BCUT2D eigenvalue weighted by Gasteiger charge is -2.27. The number of rotatable bonds is 5. The zero-order valence-electron chi connectivity index (χ0n) is 13.6. The molecule has 1 unspecified atom stereocenters. The monoisotopic (exact) mass is 333 g/mol. The first-order valence-electron chi connectivity index (χ1n) is 8.45. The van der Waals surface area contributed by atoms with Crippen LogP contribution in [0.1, 0.15) is 29.6 Å². The molecule has 3 rings (SSSR count). The molecule has 2 aliphatic heterocycles. The Labute approximate surface area is 141 Å². The average Bonchev–Trinajstić information content (AvgIpc) is 3.10. The fourth-order valence-electron chi connectivity index (χ4n) is 3.59. The maximum Gasteiger partial charge on any atom is 0.341 e. The molecular weight excluding hydrogens is 310 g/mol. The van der Waals surface area contributed by atoms with Crippen LogP contribution in [0.2, 0.25) is 0 Å². The Hall–Kier alpha value is -2.08. The molecule has 0 aliphatic carbocycles. The van der Waals surface area contributed by atoms with Gasteiger partial charge in [-0.2, -0.15) is 0 Å². The number of nitrogens with zero attached hydrogens (tertiary/aromatic N) is 1. The van der Waals surface area contributed by atoms with Gasteiger partial charge in [0.15, 0.2) is 6.61 Å². The van der Waals surface area contributed by atoms with E-state index in [9.17, 15) is 9.59 Å². The standard InChI is InChI=1S/C18H23NO5/c20-17(21)12-24-16-3-1-2-14(10-16)18(22)19-7-4-15(11-19)13-5-8-23-9-6-13/h1-3,10,13,15H,4-9,11-12H2,(H,20,21). The zero-order chi connectivity index (χ0) is 16.9. The summed E-state index contributed by atoms with van der Waals surface area (Å²) in [5.74, 6) is 0.574. The fourth-order valence-corrected chi connectivity index (χ4v) is 3.59. The van der Waals surface area contributed by atoms with Gasteiger partial charge in [0, 0.05) is 31.9 Å². The molecule has 0 spiro atoms. The second kappa shape index (κ2) is 7.66. The number of benzene rings is 1. The first-order chi connectivity index (χ1) is 11.6. The molecule has 2 saturated heterocycles. The van der Waals surface area contributed by atoms with Crippen LogP contribution in [0.5, 0.6) is 5.75 Å². The molecule has 0 saturated carbocycles. The summed E-state index contributed by atoms with van der Waals surface area (Å²) in [7, 11) is 0. The van der Waals surface area contributed by atoms with Crippen LogP contribution in [-0.2, 0) is 9.53 Å². The number of aliphatic carboxylic acids is 1. The summed E-state index contributed by atoms with van der Waals surface area (Å²) in [5, 5.41) is 8.67. The van der Waals surface area contributed by atoms with Crippen LogP contribution in [0, 0.1) is 11.8 Å². The quantitative estimate of drug-likeness (QED) is 0.892. The first kappa shape index (κ1) is 16.8. The summed E-state index contributed by atoms with van der Waals surface area (Å²) in [5.41, 5.74) is 0.547. The fraction of sp³-hybridized carbons (Fsp3) is 0.556. The van der Waals surface area contributed by atoms with E-state index < -0.39 is 12.6 Å². The number of carbonyl (C=O) groups is 2. The maximum atomic E-state index is 12.7. The lowest BCUT2D eigenvalue weighted by molar-refractivity contribution is -0.139. The normalized spacial score (nSPS) is 21.7. The molecule has 1 N–H and O–H groups in total. The largest absolute Gasteiger partial charge is 0.482 e. The highest BCUT2D eigenvalue weighted by molar-refractivity contribution is 5.94. The summed E-state index contributed by atoms with van der Waals surface area (Å²) < 4.78 is 10.6. The summed E-state index contributed by atoms with van der Waals surface area (Å²) in [6.45, 7) is 2.83. The Morgan fingerprint density at radius 3 is 2.75 bits per heavy atom. The Morgan fingerprint density at radius 1 is 1.21 bits per heavy atom. The molecule has 2 aliphatic rings. The van der Waals surface area contributed by atoms with Gasteiger partial charge in [-0.3, -0.25) is 4.79 Å². The SMILES string of the molecule is O=C(O)COc1cccc(C(=O)N2CCC(C3CCOCC3)C2)c1. The van der Waals surface area contributed by atoms with E-state index in [4.69, 9.17) is 14.6 Å². The van der Waals surface area contributed by atoms with Crippen molar-refractivity contribution in [1.29, 1.82) is 0 Å². The smallest absolute Gasteiger partial charge is 0.341 e. The number of hydrogen-bond donors (Lipinski definition) is 1. The van der Waals surface area contributed by atoms with Gasteiger partial charge in [0.25, 0.3) is 5.91 Å². The van der Waals surface area contributed by atoms with Crippen molar-refractivity contribution in [1.82, 2.24) is 4.90 Å². The van der Waals surface area contributed by atoms with Gasteiger partial charge in [-0.25, -0.2) is 4.79 Å². The van der Waals surface area contributed by atoms with Gasteiger partial charge in [0.1, 0.15) is 5.75 Å². The first-order valence-corrected chi connectivity index (χ1v) is 8.45. The minimum absolute atomic E-state index is 0.00895. The predicted molar refractivity (Wildman–Crippen MR) is 87.1 cm³/mol. The topological polar surface area (TPSA) is 76.1 Å². The van der Waals surface area contributed by atoms with Gasteiger partial charge >= 0.3 is 5.97 Å². The van der Waals surface area contributed by atoms with E-state index in [0.717, 1.165) is 45.6 Å². The van der Waals surface area contributed by atoms with Crippen molar-refractivity contribution in [2.24, 2.45) is 11.8 Å². The van der Waals surface area contributed by atoms with Crippen molar-refractivity contribution >= 4 is 11.9 Å². The van der Waals surface area contributed by atoms with Crippen LogP contribution in [0.4, 0.5) is 0 Å². The third-order valence-corrected chi connectivity index (χ3v) is 4.89. The third-order valence-electron chi connectivity index (χ3n) is 4.89. The van der Waals surface area contributed by atoms with Gasteiger partial charge in [-0.05, 0) is 49.3 Å². The molecule has 6 heteroatoms. The van der Waals surface area contributed by atoms with Gasteiger partial charge < -0.3 is 19.5 Å². The minimum atomic E-state index is -1.04. The lowest BCUT2D eigenvalue weighted by Crippen LogP contribution is -2.31. The molecular formula is C18H23NO5. The number of hydrogen-bond acceptors (Lipinski definition) is 4. The summed E-state index contributed by atoms with van der Waals surface area (Å²) in [4.78, 5) is 25.2. The van der Waals surface area contributed by atoms with Crippen molar-refractivity contribution in [2.45, 2.75) is 19.3 Å². The highest BCUT2D eigenvalue weighted by Crippen LogP contribution is 2.31. The van der Waals surface area contributed by atoms with Crippen molar-refractivity contribution in [3.05, 3.63) is 29.8 Å². The van der Waals surface area contributed by atoms with E-state index in [0.29, 0.717) is 23.1 Å². The molecule has 6 nitrogen and oxygen atoms in total. The number of ether oxygens (including phenoxy) is 2. The van der Waals surface area contributed by atoms with E-state index in [1.807, 2.05) is 4.90 Å². The number of likely N-dealkylation sites (tertiary alicyclic amines) is 1. The van der Waals surface area contributed by atoms with Crippen molar-refractivity contribution < 1.29 is 24.2 Å². The molecule has 1 amide bonds. The van der Waals surface area contributed by atoms with E-state index in [1.165, 1.54) is 0 Å². The Morgan fingerprint density at radius 2 is 2.00 bits per heavy atom. The van der Waals surface area contributed by atoms with Crippen molar-refractivity contribution in [3.8, 4) is 5.75 Å². The molecule has 0 bridgehead atoms. The van der Waals surface area contributed by atoms with E-state index in [2.05, 4.69) is 0 Å². The number of carbonyl (C=O) groups excluding carboxylic acids is 1. The third kappa shape index (κ3) is 4.06. The zero-order valence-corrected chi connectivity index (χ0v) is 13.6. The minimum Gasteiger partial charge on any atom is -0.482 e. The molecule has 24 heavy (non-hydrogen) atoms. The average molecular weight is 333 g/mol. The van der Waals surface area contributed by atoms with Gasteiger partial charge in [-0.1, -0.05) is 6.07 Å². The number of carboxylic acid groups (broad SMARTS) is 1. The van der Waals surface area contributed by atoms with Gasteiger partial charge in [-0.15, -0.1) is 0 Å². The van der Waals surface area contributed by atoms with Crippen LogP contribution < -0.4 is 4.74 Å². The number of carboxylic acids is 1. The molecule has 130 valence electrons. The summed E-state index contributed by atoms with van der Waals surface area (Å²) in [6, 6.07) is 6.75. The van der Waals surface area contributed by atoms with Crippen molar-refractivity contribution in [2.75, 3.05) is 32.9 Å². The molecule has 1 aromatic rings. The summed E-state index contributed by atoms with van der Waals surface area (Å²) in [6.07, 6.45) is 3.22. The second-order valence-electron chi connectivity index (χ2n) is 6.46. The van der Waals surface area contributed by atoms with E-state index in [-0.39, 0.29) is 5.91 Å². The molecule has 0 aromatic heterocycles. The lowest BCUT2D eigenvalue weighted by atomic mass is 9.85. The Kier molecular flexibility index (Phi) is 5.35. The van der Waals surface area contributed by atoms with Crippen LogP contribution in [0.15, 0.2) is 24.3 Å². The Bertz CT molecular complexity index is 597. The molecule has 1 atom stereocenters. The van der Waals surface area contributed by atoms with Crippen LogP contribution in [0.25, 0.3) is 0 Å². The number of amides is 1. The highest BCUT2D eigenvalue weighted by atomic mass is 16.5. The van der Waals surface area contributed by atoms with Crippen molar-refractivity contribution in [3.63, 3.8) is 0 Å². The Balaban J connectivity index is 1.60. The van der Waals surface area contributed by atoms with Crippen LogP contribution >= 0.6 is 0 Å². The van der Waals surface area contributed by atoms with Crippen LogP contribution in [0.3, 0.4) is 0 Å². The molecule has 1 aromatic carbocycles. The highest BCUT2D eigenvalue weighted by Gasteiger charge is 2.33. The van der Waals surface area contributed by atoms with Crippen LogP contribution in [-0.4, -0.2) is 54.8 Å². The van der Waals surface area contributed by atoms with Gasteiger partial charge in [0.2, 0.25) is 0 Å². The predicted octanol–water partition coefficient (Wildman–Crippen LogP) is 2.04. The summed E-state index contributed by atoms with van der Waals surface area (Å²) >= 11 is 0. The van der Waals surface area contributed by atoms with E-state index in [1.54, 1.807) is 24.3 Å². The van der Waals surface area contributed by atoms with E-state index >= 15 is 0 Å². The molecule has 0 radical (unpaired) electrons. The molecule has 2 heterocycles. The molecule has 2 fully saturated rings. The second-order valence-corrected chi connectivity index (χ2v) is 6.46.